The topological polar surface area (TPSA) is 65.1 Å². The lowest BCUT2D eigenvalue weighted by Gasteiger charge is -2.09. The van der Waals surface area contributed by atoms with Crippen molar-refractivity contribution in [3.05, 3.63) is 60.9 Å². The quantitative estimate of drug-likeness (QED) is 0.519. The van der Waals surface area contributed by atoms with Crippen LogP contribution in [-0.2, 0) is 6.54 Å². The van der Waals surface area contributed by atoms with E-state index in [4.69, 9.17) is 4.52 Å². The molecule has 0 saturated heterocycles. The molecule has 28 heavy (non-hydrogen) atoms. The molecule has 0 spiro atoms. The van der Waals surface area contributed by atoms with Crippen LogP contribution in [0, 0.1) is 0 Å². The molecule has 2 aromatic heterocycles. The summed E-state index contributed by atoms with van der Waals surface area (Å²) in [6, 6.07) is 13.0. The van der Waals surface area contributed by atoms with Gasteiger partial charge in [-0.3, -0.25) is 4.68 Å². The molecule has 1 N–H and O–H groups in total. The fourth-order valence-electron chi connectivity index (χ4n) is 2.82. The van der Waals surface area contributed by atoms with Gasteiger partial charge in [-0.1, -0.05) is 23.4 Å². The summed E-state index contributed by atoms with van der Waals surface area (Å²) in [7, 11) is 0. The molecule has 0 radical (unpaired) electrons. The highest BCUT2D eigenvalue weighted by atomic mass is 19.4. The number of benzene rings is 2. The van der Waals surface area contributed by atoms with E-state index in [0.717, 1.165) is 16.5 Å². The highest BCUT2D eigenvalue weighted by Gasteiger charge is 2.30. The van der Waals surface area contributed by atoms with E-state index in [9.17, 15) is 13.2 Å². The average molecular weight is 388 g/mol. The first-order chi connectivity index (χ1) is 13.5. The van der Waals surface area contributed by atoms with E-state index in [-0.39, 0.29) is 5.75 Å². The van der Waals surface area contributed by atoms with Gasteiger partial charge in [0.25, 0.3) is 0 Å². The fourth-order valence-corrected chi connectivity index (χ4v) is 2.82. The zero-order valence-electron chi connectivity index (χ0n) is 14.5. The summed E-state index contributed by atoms with van der Waals surface area (Å²) in [5, 5.41) is 12.2. The summed E-state index contributed by atoms with van der Waals surface area (Å²) in [4.78, 5) is 0. The monoisotopic (exact) mass is 388 g/mol. The van der Waals surface area contributed by atoms with Crippen molar-refractivity contribution in [3.8, 4) is 16.9 Å². The number of hydrogen-bond acceptors (Lipinski definition) is 5. The van der Waals surface area contributed by atoms with Crippen molar-refractivity contribution in [3.63, 3.8) is 0 Å². The molecule has 0 amide bonds. The Kier molecular flexibility index (Phi) is 4.64. The molecule has 2 heterocycles. The van der Waals surface area contributed by atoms with Crippen LogP contribution in [0.4, 0.5) is 19.0 Å². The van der Waals surface area contributed by atoms with Crippen LogP contribution in [0.25, 0.3) is 22.1 Å². The minimum absolute atomic E-state index is 0.261. The minimum Gasteiger partial charge on any atom is -0.406 e. The Hall–Kier alpha value is -3.49. The summed E-state index contributed by atoms with van der Waals surface area (Å²) in [5.41, 5.74) is 2.19. The maximum Gasteiger partial charge on any atom is 0.573 e. The highest BCUT2D eigenvalue weighted by molar-refractivity contribution is 5.91. The van der Waals surface area contributed by atoms with Crippen LogP contribution >= 0.6 is 0 Å². The lowest BCUT2D eigenvalue weighted by atomic mass is 10.0. The van der Waals surface area contributed by atoms with Crippen molar-refractivity contribution in [2.75, 3.05) is 11.9 Å². The van der Waals surface area contributed by atoms with Gasteiger partial charge >= 0.3 is 6.36 Å². The van der Waals surface area contributed by atoms with Crippen molar-refractivity contribution < 1.29 is 22.4 Å². The van der Waals surface area contributed by atoms with Crippen molar-refractivity contribution in [1.82, 2.24) is 14.9 Å². The molecular formula is C19H15F3N4O2. The number of halogens is 3. The van der Waals surface area contributed by atoms with Crippen LogP contribution in [0.15, 0.2) is 65.4 Å². The maximum absolute atomic E-state index is 12.3. The van der Waals surface area contributed by atoms with E-state index < -0.39 is 6.36 Å². The lowest BCUT2D eigenvalue weighted by molar-refractivity contribution is -0.274. The average Bonchev–Trinajstić information content (AvgIpc) is 3.31. The number of nitrogens with zero attached hydrogens (tertiary/aromatic N) is 3. The third-order valence-electron chi connectivity index (χ3n) is 4.08. The molecule has 0 aliphatic heterocycles. The number of fused-ring (bicyclic) bond motifs is 1. The molecule has 9 heteroatoms. The van der Waals surface area contributed by atoms with Crippen molar-refractivity contribution in [2.45, 2.75) is 12.9 Å². The van der Waals surface area contributed by atoms with Gasteiger partial charge in [-0.2, -0.15) is 5.10 Å². The predicted octanol–water partition coefficient (Wildman–Crippen LogP) is 4.70. The molecule has 0 atom stereocenters. The van der Waals surface area contributed by atoms with Gasteiger partial charge in [-0.25, -0.2) is 0 Å². The largest absolute Gasteiger partial charge is 0.573 e. The molecular weight excluding hydrogens is 373 g/mol. The fraction of sp³-hybridized carbons (Fsp3) is 0.158. The summed E-state index contributed by atoms with van der Waals surface area (Å²) in [6.07, 6.45) is -1.13. The van der Waals surface area contributed by atoms with Crippen LogP contribution in [0.2, 0.25) is 0 Å². The van der Waals surface area contributed by atoms with Gasteiger partial charge in [0.05, 0.1) is 11.9 Å². The second-order valence-electron chi connectivity index (χ2n) is 6.01. The van der Waals surface area contributed by atoms with Gasteiger partial charge in [0.2, 0.25) is 0 Å². The number of anilines is 1. The van der Waals surface area contributed by atoms with Gasteiger partial charge in [-0.05, 0) is 41.5 Å². The normalized spacial score (nSPS) is 11.7. The molecule has 2 aromatic carbocycles. The molecule has 0 bridgehead atoms. The van der Waals surface area contributed by atoms with Gasteiger partial charge in [0.15, 0.2) is 11.4 Å². The lowest BCUT2D eigenvalue weighted by Crippen LogP contribution is -2.16. The van der Waals surface area contributed by atoms with Crippen molar-refractivity contribution in [2.24, 2.45) is 0 Å². The Morgan fingerprint density at radius 1 is 1.07 bits per heavy atom. The SMILES string of the molecule is FC(F)(F)Oc1ccc(-c2ccc3onc(NCCn4cccn4)c3c2)cc1. The third kappa shape index (κ3) is 4.08. The van der Waals surface area contributed by atoms with Crippen molar-refractivity contribution >= 4 is 16.8 Å². The zero-order valence-corrected chi connectivity index (χ0v) is 14.5. The number of alkyl halides is 3. The van der Waals surface area contributed by atoms with Crippen LogP contribution in [-0.4, -0.2) is 27.8 Å². The maximum atomic E-state index is 12.3. The Morgan fingerprint density at radius 2 is 1.86 bits per heavy atom. The van der Waals surface area contributed by atoms with Gasteiger partial charge in [-0.15, -0.1) is 13.2 Å². The number of aromatic nitrogens is 3. The molecule has 0 aliphatic rings. The minimum atomic E-state index is -4.71. The van der Waals surface area contributed by atoms with E-state index in [0.29, 0.717) is 24.5 Å². The molecule has 0 saturated carbocycles. The number of ether oxygens (including phenoxy) is 1. The zero-order chi connectivity index (χ0) is 19.6. The van der Waals surface area contributed by atoms with Gasteiger partial charge < -0.3 is 14.6 Å². The highest BCUT2D eigenvalue weighted by Crippen LogP contribution is 2.31. The van der Waals surface area contributed by atoms with Gasteiger partial charge in [0.1, 0.15) is 5.75 Å². The Balaban J connectivity index is 1.52. The smallest absolute Gasteiger partial charge is 0.406 e. The van der Waals surface area contributed by atoms with Crippen LogP contribution in [0.3, 0.4) is 0 Å². The van der Waals surface area contributed by atoms with E-state index in [2.05, 4.69) is 20.3 Å². The van der Waals surface area contributed by atoms with Gasteiger partial charge in [0, 0.05) is 18.9 Å². The van der Waals surface area contributed by atoms with Crippen LogP contribution in [0.5, 0.6) is 5.75 Å². The molecule has 4 rings (SSSR count). The summed E-state index contributed by atoms with van der Waals surface area (Å²) < 4.78 is 47.9. The van der Waals surface area contributed by atoms with E-state index >= 15 is 0 Å². The van der Waals surface area contributed by atoms with E-state index in [1.165, 1.54) is 12.1 Å². The van der Waals surface area contributed by atoms with Crippen LogP contribution < -0.4 is 10.1 Å². The number of rotatable bonds is 6. The molecule has 0 fully saturated rings. The number of nitrogens with one attached hydrogen (secondary N) is 1. The summed E-state index contributed by atoms with van der Waals surface area (Å²) in [6.45, 7) is 1.28. The Bertz CT molecular complexity index is 1060. The standard InChI is InChI=1S/C19H15F3N4O2/c20-19(21,22)27-15-5-2-13(3-6-15)14-4-7-17-16(12-14)18(25-28-17)23-9-11-26-10-1-8-24-26/h1-8,10,12H,9,11H2,(H,23,25). The predicted molar refractivity (Wildman–Crippen MR) is 96.8 cm³/mol. The van der Waals surface area contributed by atoms with Crippen molar-refractivity contribution in [1.29, 1.82) is 0 Å². The molecule has 6 nitrogen and oxygen atoms in total. The van der Waals surface area contributed by atoms with E-state index in [1.807, 2.05) is 24.4 Å². The Morgan fingerprint density at radius 3 is 2.57 bits per heavy atom. The summed E-state index contributed by atoms with van der Waals surface area (Å²) in [5.74, 6) is 0.337. The van der Waals surface area contributed by atoms with E-state index in [1.54, 1.807) is 29.1 Å². The summed E-state index contributed by atoms with van der Waals surface area (Å²) >= 11 is 0. The molecule has 0 aliphatic carbocycles. The second kappa shape index (κ2) is 7.26. The number of hydrogen-bond donors (Lipinski definition) is 1. The molecule has 0 unspecified atom stereocenters. The molecule has 144 valence electrons. The van der Waals surface area contributed by atoms with Crippen LogP contribution in [0.1, 0.15) is 0 Å². The Labute approximate surface area is 157 Å². The second-order valence-corrected chi connectivity index (χ2v) is 6.01. The first-order valence-electron chi connectivity index (χ1n) is 8.45. The first-order valence-corrected chi connectivity index (χ1v) is 8.45. The first kappa shape index (κ1) is 17.9. The molecule has 4 aromatic rings. The third-order valence-corrected chi connectivity index (χ3v) is 4.08.